The fraction of sp³-hybridized carbons (Fsp3) is 1.00. The molecule has 1 fully saturated rings. The first-order valence-corrected chi connectivity index (χ1v) is 2.98. The number of halogens is 1. The zero-order valence-electron chi connectivity index (χ0n) is 4.19. The van der Waals surface area contributed by atoms with Gasteiger partial charge in [0.05, 0.1) is 18.5 Å². The van der Waals surface area contributed by atoms with Gasteiger partial charge in [-0.25, -0.2) is 0 Å². The molecule has 0 heterocycles. The summed E-state index contributed by atoms with van der Waals surface area (Å²) in [5.41, 5.74) is 0. The van der Waals surface area contributed by atoms with Gasteiger partial charge < -0.3 is 0 Å². The van der Waals surface area contributed by atoms with E-state index in [1.165, 1.54) is 12.8 Å². The summed E-state index contributed by atoms with van der Waals surface area (Å²) in [6, 6.07) is 0. The van der Waals surface area contributed by atoms with Gasteiger partial charge in [0.1, 0.15) is 0 Å². The molecule has 0 spiro atoms. The average Bonchev–Trinajstić information content (AvgIpc) is 2.42. The first-order chi connectivity index (χ1) is 3.43. The Morgan fingerprint density at radius 1 is 1.57 bits per heavy atom. The lowest BCUT2D eigenvalue weighted by molar-refractivity contribution is 0.333. The van der Waals surface area contributed by atoms with Crippen LogP contribution in [0.15, 0.2) is 0 Å². The van der Waals surface area contributed by atoms with E-state index in [-0.39, 0.29) is 0 Å². The van der Waals surface area contributed by atoms with Crippen LogP contribution in [0.2, 0.25) is 0 Å². The summed E-state index contributed by atoms with van der Waals surface area (Å²) in [6.07, 6.45) is 3.93. The smallest absolute Gasteiger partial charge is 0.0685 e. The van der Waals surface area contributed by atoms with E-state index in [9.17, 15) is 0 Å². The minimum absolute atomic E-state index is 0.728. The van der Waals surface area contributed by atoms with Gasteiger partial charge in [0, 0.05) is 0 Å². The SMILES string of the molecule is ClOCCC1CC1. The zero-order valence-corrected chi connectivity index (χ0v) is 4.95. The van der Waals surface area contributed by atoms with E-state index in [1.807, 2.05) is 0 Å². The van der Waals surface area contributed by atoms with Crippen LogP contribution < -0.4 is 0 Å². The maximum absolute atomic E-state index is 4.97. The van der Waals surface area contributed by atoms with Gasteiger partial charge in [0.2, 0.25) is 0 Å². The maximum atomic E-state index is 4.97. The molecule has 0 aromatic heterocycles. The van der Waals surface area contributed by atoms with Gasteiger partial charge in [-0.2, -0.15) is 0 Å². The molecule has 0 unspecified atom stereocenters. The van der Waals surface area contributed by atoms with E-state index in [4.69, 9.17) is 11.9 Å². The summed E-state index contributed by atoms with van der Waals surface area (Å²) in [5.74, 6) is 0.943. The van der Waals surface area contributed by atoms with Crippen molar-refractivity contribution >= 4 is 11.9 Å². The summed E-state index contributed by atoms with van der Waals surface area (Å²) >= 11 is 4.97. The second-order valence-corrected chi connectivity index (χ2v) is 2.26. The summed E-state index contributed by atoms with van der Waals surface area (Å²) in [6.45, 7) is 0.728. The van der Waals surface area contributed by atoms with Crippen molar-refractivity contribution in [2.75, 3.05) is 6.61 Å². The van der Waals surface area contributed by atoms with Crippen molar-refractivity contribution in [3.63, 3.8) is 0 Å². The van der Waals surface area contributed by atoms with Crippen molar-refractivity contribution in [3.05, 3.63) is 0 Å². The molecule has 0 aliphatic heterocycles. The molecule has 7 heavy (non-hydrogen) atoms. The van der Waals surface area contributed by atoms with Gasteiger partial charge in [-0.1, -0.05) is 12.8 Å². The van der Waals surface area contributed by atoms with Gasteiger partial charge in [0.25, 0.3) is 0 Å². The minimum Gasteiger partial charge on any atom is -0.279 e. The highest BCUT2D eigenvalue weighted by Crippen LogP contribution is 2.32. The summed E-state index contributed by atoms with van der Waals surface area (Å²) in [5, 5.41) is 0. The van der Waals surface area contributed by atoms with Crippen LogP contribution in [0.5, 0.6) is 0 Å². The fourth-order valence-corrected chi connectivity index (χ4v) is 0.707. The van der Waals surface area contributed by atoms with Crippen LogP contribution in [-0.4, -0.2) is 6.61 Å². The van der Waals surface area contributed by atoms with Crippen molar-refractivity contribution in [1.82, 2.24) is 0 Å². The van der Waals surface area contributed by atoms with Crippen LogP contribution >= 0.6 is 11.9 Å². The van der Waals surface area contributed by atoms with Gasteiger partial charge in [-0.3, -0.25) is 4.29 Å². The van der Waals surface area contributed by atoms with E-state index in [1.54, 1.807) is 0 Å². The molecule has 0 aromatic rings. The normalized spacial score (nSPS) is 20.1. The van der Waals surface area contributed by atoms with E-state index in [0.29, 0.717) is 0 Å². The molecule has 1 saturated carbocycles. The van der Waals surface area contributed by atoms with Gasteiger partial charge in [-0.05, 0) is 12.3 Å². The third-order valence-electron chi connectivity index (χ3n) is 1.30. The molecular weight excluding hydrogens is 112 g/mol. The van der Waals surface area contributed by atoms with Crippen LogP contribution in [0.25, 0.3) is 0 Å². The van der Waals surface area contributed by atoms with E-state index in [0.717, 1.165) is 18.9 Å². The Morgan fingerprint density at radius 2 is 2.29 bits per heavy atom. The summed E-state index contributed by atoms with van der Waals surface area (Å²) in [7, 11) is 0. The third kappa shape index (κ3) is 2.15. The zero-order chi connectivity index (χ0) is 5.11. The van der Waals surface area contributed by atoms with Crippen molar-refractivity contribution in [2.45, 2.75) is 19.3 Å². The van der Waals surface area contributed by atoms with Crippen molar-refractivity contribution in [1.29, 1.82) is 0 Å². The standard InChI is InChI=1S/C5H9ClO/c6-7-4-3-5-1-2-5/h5H,1-4H2. The van der Waals surface area contributed by atoms with Crippen LogP contribution in [-0.2, 0) is 4.29 Å². The second kappa shape index (κ2) is 2.53. The van der Waals surface area contributed by atoms with Crippen molar-refractivity contribution in [2.24, 2.45) is 5.92 Å². The molecule has 2 heteroatoms. The van der Waals surface area contributed by atoms with Gasteiger partial charge >= 0.3 is 0 Å². The van der Waals surface area contributed by atoms with E-state index < -0.39 is 0 Å². The van der Waals surface area contributed by atoms with Crippen LogP contribution in [0, 0.1) is 5.92 Å². The predicted molar refractivity (Wildman–Crippen MR) is 29.1 cm³/mol. The van der Waals surface area contributed by atoms with Crippen LogP contribution in [0.1, 0.15) is 19.3 Å². The Balaban J connectivity index is 1.80. The Labute approximate surface area is 48.8 Å². The lowest BCUT2D eigenvalue weighted by Crippen LogP contribution is -1.83. The lowest BCUT2D eigenvalue weighted by atomic mass is 10.3. The molecule has 1 nitrogen and oxygen atoms in total. The van der Waals surface area contributed by atoms with Crippen molar-refractivity contribution in [3.8, 4) is 0 Å². The summed E-state index contributed by atoms with van der Waals surface area (Å²) in [4.78, 5) is 0. The molecule has 0 amide bonds. The number of hydrogen-bond acceptors (Lipinski definition) is 1. The minimum atomic E-state index is 0.728. The summed E-state index contributed by atoms with van der Waals surface area (Å²) < 4.78 is 4.36. The lowest BCUT2D eigenvalue weighted by Gasteiger charge is -1.88. The highest BCUT2D eigenvalue weighted by atomic mass is 35.5. The third-order valence-corrected chi connectivity index (χ3v) is 1.45. The quantitative estimate of drug-likeness (QED) is 0.553. The fourth-order valence-electron chi connectivity index (χ4n) is 0.618. The topological polar surface area (TPSA) is 9.23 Å². The molecule has 42 valence electrons. The molecule has 0 N–H and O–H groups in total. The first kappa shape index (κ1) is 5.39. The van der Waals surface area contributed by atoms with Crippen LogP contribution in [0.3, 0.4) is 0 Å². The molecule has 0 aromatic carbocycles. The Kier molecular flexibility index (Phi) is 1.95. The van der Waals surface area contributed by atoms with Crippen LogP contribution in [0.4, 0.5) is 0 Å². The molecule has 0 bridgehead atoms. The molecular formula is C5H9ClO. The molecule has 1 rings (SSSR count). The van der Waals surface area contributed by atoms with E-state index in [2.05, 4.69) is 4.29 Å². The first-order valence-electron chi connectivity index (χ1n) is 2.67. The maximum Gasteiger partial charge on any atom is 0.0685 e. The highest BCUT2D eigenvalue weighted by Gasteiger charge is 2.20. The Hall–Kier alpha value is 0.250. The Morgan fingerprint density at radius 3 is 2.71 bits per heavy atom. The highest BCUT2D eigenvalue weighted by molar-refractivity contribution is 6.07. The molecule has 0 radical (unpaired) electrons. The average molecular weight is 121 g/mol. The number of rotatable bonds is 3. The molecule has 0 atom stereocenters. The molecule has 1 aliphatic rings. The molecule has 1 aliphatic carbocycles. The van der Waals surface area contributed by atoms with Crippen molar-refractivity contribution < 1.29 is 4.29 Å². The number of hydrogen-bond donors (Lipinski definition) is 0. The monoisotopic (exact) mass is 120 g/mol. The predicted octanol–water partition coefficient (Wildman–Crippen LogP) is 1.96. The van der Waals surface area contributed by atoms with E-state index >= 15 is 0 Å². The van der Waals surface area contributed by atoms with Gasteiger partial charge in [0.15, 0.2) is 0 Å². The second-order valence-electron chi connectivity index (χ2n) is 2.05. The Bertz CT molecular complexity index is 52.0. The largest absolute Gasteiger partial charge is 0.279 e. The van der Waals surface area contributed by atoms with Gasteiger partial charge in [-0.15, -0.1) is 0 Å². The molecule has 0 saturated heterocycles.